The Hall–Kier alpha value is -1.43. The zero-order chi connectivity index (χ0) is 15.6. The van der Waals surface area contributed by atoms with Gasteiger partial charge in [-0.15, -0.1) is 0 Å². The van der Waals surface area contributed by atoms with Gasteiger partial charge in [-0.25, -0.2) is 0 Å². The summed E-state index contributed by atoms with van der Waals surface area (Å²) in [5, 5.41) is 15.1. The number of aromatic nitrogens is 2. The van der Waals surface area contributed by atoms with Crippen molar-refractivity contribution >= 4 is 11.6 Å². The van der Waals surface area contributed by atoms with Crippen LogP contribution in [0.2, 0.25) is 5.02 Å². The van der Waals surface area contributed by atoms with Crippen molar-refractivity contribution in [3.05, 3.63) is 35.1 Å². The third kappa shape index (κ3) is 3.66. The first-order valence-electron chi connectivity index (χ1n) is 7.54. The van der Waals surface area contributed by atoms with Crippen molar-refractivity contribution in [3.8, 4) is 11.5 Å². The first-order valence-corrected chi connectivity index (χ1v) is 7.91. The van der Waals surface area contributed by atoms with Crippen LogP contribution in [0.25, 0.3) is 11.5 Å². The van der Waals surface area contributed by atoms with E-state index in [4.69, 9.17) is 16.1 Å². The number of hydrogen-bond donors (Lipinski definition) is 1. The molecule has 0 unspecified atom stereocenters. The van der Waals surface area contributed by atoms with Gasteiger partial charge in [0.25, 0.3) is 5.89 Å². The fraction of sp³-hybridized carbons (Fsp3) is 0.500. The van der Waals surface area contributed by atoms with E-state index in [2.05, 4.69) is 10.1 Å². The van der Waals surface area contributed by atoms with Crippen LogP contribution in [0, 0.1) is 0 Å². The van der Waals surface area contributed by atoms with E-state index >= 15 is 0 Å². The molecule has 22 heavy (non-hydrogen) atoms. The molecule has 0 atom stereocenters. The second kappa shape index (κ2) is 6.36. The van der Waals surface area contributed by atoms with E-state index in [9.17, 15) is 5.11 Å². The molecule has 1 fully saturated rings. The predicted molar refractivity (Wildman–Crippen MR) is 84.5 cm³/mol. The molecule has 1 heterocycles. The molecule has 6 heteroatoms. The van der Waals surface area contributed by atoms with Crippen LogP contribution in [0.5, 0.6) is 0 Å². The molecule has 1 N–H and O–H groups in total. The minimum atomic E-state index is -0.561. The summed E-state index contributed by atoms with van der Waals surface area (Å²) in [6.07, 6.45) is 3.95. The maximum atomic E-state index is 10.4. The Morgan fingerprint density at radius 1 is 1.36 bits per heavy atom. The van der Waals surface area contributed by atoms with Crippen LogP contribution in [0.4, 0.5) is 0 Å². The van der Waals surface area contributed by atoms with Gasteiger partial charge in [0.15, 0.2) is 5.82 Å². The zero-order valence-corrected chi connectivity index (χ0v) is 13.4. The molecule has 1 aromatic carbocycles. The smallest absolute Gasteiger partial charge is 0.258 e. The topological polar surface area (TPSA) is 62.4 Å². The largest absolute Gasteiger partial charge is 0.389 e. The molecular formula is C16H20ClN3O2. The summed E-state index contributed by atoms with van der Waals surface area (Å²) in [6, 6.07) is 7.33. The van der Waals surface area contributed by atoms with E-state index in [-0.39, 0.29) is 0 Å². The standard InChI is InChI=1S/C16H20ClN3O2/c1-20(11-16(21)7-2-3-8-16)10-14-18-15(22-19-14)12-5-4-6-13(17)9-12/h4-6,9,21H,2-3,7-8,10-11H2,1H3. The lowest BCUT2D eigenvalue weighted by Gasteiger charge is -2.27. The van der Waals surface area contributed by atoms with Crippen molar-refractivity contribution in [1.82, 2.24) is 15.0 Å². The van der Waals surface area contributed by atoms with E-state index in [1.807, 2.05) is 24.1 Å². The van der Waals surface area contributed by atoms with Crippen molar-refractivity contribution in [3.63, 3.8) is 0 Å². The Kier molecular flexibility index (Phi) is 4.47. The van der Waals surface area contributed by atoms with Gasteiger partial charge in [0.05, 0.1) is 12.1 Å². The molecule has 5 nitrogen and oxygen atoms in total. The number of hydrogen-bond acceptors (Lipinski definition) is 5. The van der Waals surface area contributed by atoms with Crippen molar-refractivity contribution in [2.75, 3.05) is 13.6 Å². The van der Waals surface area contributed by atoms with Crippen LogP contribution >= 0.6 is 11.6 Å². The highest BCUT2D eigenvalue weighted by Gasteiger charge is 2.32. The Bertz CT molecular complexity index is 638. The van der Waals surface area contributed by atoms with E-state index in [1.54, 1.807) is 12.1 Å². The van der Waals surface area contributed by atoms with Crippen LogP contribution in [-0.2, 0) is 6.54 Å². The lowest BCUT2D eigenvalue weighted by atomic mass is 10.0. The number of likely N-dealkylation sites (N-methyl/N-ethyl adjacent to an activating group) is 1. The van der Waals surface area contributed by atoms with Crippen molar-refractivity contribution in [1.29, 1.82) is 0 Å². The predicted octanol–water partition coefficient (Wildman–Crippen LogP) is 3.13. The molecule has 1 aliphatic carbocycles. The lowest BCUT2D eigenvalue weighted by molar-refractivity contribution is 0.0138. The van der Waals surface area contributed by atoms with E-state index in [0.29, 0.717) is 29.8 Å². The van der Waals surface area contributed by atoms with Crippen LogP contribution in [0.15, 0.2) is 28.8 Å². The van der Waals surface area contributed by atoms with E-state index < -0.39 is 5.60 Å². The van der Waals surface area contributed by atoms with Gasteiger partial charge < -0.3 is 9.63 Å². The average Bonchev–Trinajstić information content (AvgIpc) is 3.08. The van der Waals surface area contributed by atoms with Gasteiger partial charge in [0, 0.05) is 17.1 Å². The minimum Gasteiger partial charge on any atom is -0.389 e. The van der Waals surface area contributed by atoms with Gasteiger partial charge in [-0.2, -0.15) is 4.98 Å². The fourth-order valence-electron chi connectivity index (χ4n) is 3.05. The Labute approximate surface area is 134 Å². The van der Waals surface area contributed by atoms with Gasteiger partial charge in [-0.3, -0.25) is 4.90 Å². The summed E-state index contributed by atoms with van der Waals surface area (Å²) >= 11 is 5.97. The molecular weight excluding hydrogens is 302 g/mol. The third-order valence-corrected chi connectivity index (χ3v) is 4.28. The molecule has 118 valence electrons. The monoisotopic (exact) mass is 321 g/mol. The number of halogens is 1. The Morgan fingerprint density at radius 2 is 2.14 bits per heavy atom. The molecule has 0 spiro atoms. The van der Waals surface area contributed by atoms with Crippen molar-refractivity contribution < 1.29 is 9.63 Å². The van der Waals surface area contributed by atoms with Gasteiger partial charge in [-0.1, -0.05) is 35.7 Å². The Morgan fingerprint density at radius 3 is 2.86 bits per heavy atom. The van der Waals surface area contributed by atoms with E-state index in [1.165, 1.54) is 0 Å². The van der Waals surface area contributed by atoms with Crippen molar-refractivity contribution in [2.24, 2.45) is 0 Å². The second-order valence-electron chi connectivity index (χ2n) is 6.13. The summed E-state index contributed by atoms with van der Waals surface area (Å²) in [5.74, 6) is 1.07. The van der Waals surface area contributed by atoms with Crippen LogP contribution < -0.4 is 0 Å². The molecule has 1 aromatic heterocycles. The minimum absolute atomic E-state index is 0.463. The first kappa shape index (κ1) is 15.5. The third-order valence-electron chi connectivity index (χ3n) is 4.05. The van der Waals surface area contributed by atoms with Gasteiger partial charge >= 0.3 is 0 Å². The Balaban J connectivity index is 1.64. The van der Waals surface area contributed by atoms with Crippen LogP contribution in [-0.4, -0.2) is 39.3 Å². The van der Waals surface area contributed by atoms with Gasteiger partial charge in [-0.05, 0) is 38.1 Å². The fourth-order valence-corrected chi connectivity index (χ4v) is 3.24. The summed E-state index contributed by atoms with van der Waals surface area (Å²) in [7, 11) is 1.96. The average molecular weight is 322 g/mol. The number of nitrogens with zero attached hydrogens (tertiary/aromatic N) is 3. The molecule has 3 rings (SSSR count). The number of aliphatic hydroxyl groups is 1. The number of benzene rings is 1. The molecule has 0 aliphatic heterocycles. The second-order valence-corrected chi connectivity index (χ2v) is 6.57. The zero-order valence-electron chi connectivity index (χ0n) is 12.6. The number of rotatable bonds is 5. The summed E-state index contributed by atoms with van der Waals surface area (Å²) < 4.78 is 5.29. The van der Waals surface area contributed by atoms with Gasteiger partial charge in [0.2, 0.25) is 0 Å². The maximum absolute atomic E-state index is 10.4. The van der Waals surface area contributed by atoms with Crippen LogP contribution in [0.1, 0.15) is 31.5 Å². The summed E-state index contributed by atoms with van der Waals surface area (Å²) in [4.78, 5) is 6.44. The lowest BCUT2D eigenvalue weighted by Crippen LogP contribution is -2.38. The highest BCUT2D eigenvalue weighted by Crippen LogP contribution is 2.30. The normalized spacial score (nSPS) is 17.3. The molecule has 1 aliphatic rings. The molecule has 0 bridgehead atoms. The van der Waals surface area contributed by atoms with Crippen molar-refractivity contribution in [2.45, 2.75) is 37.8 Å². The SMILES string of the molecule is CN(Cc1noc(-c2cccc(Cl)c2)n1)CC1(O)CCCC1. The highest BCUT2D eigenvalue weighted by atomic mass is 35.5. The first-order chi connectivity index (χ1) is 10.5. The molecule has 1 saturated carbocycles. The molecule has 0 saturated heterocycles. The maximum Gasteiger partial charge on any atom is 0.258 e. The van der Waals surface area contributed by atoms with E-state index in [0.717, 1.165) is 31.2 Å². The van der Waals surface area contributed by atoms with Crippen LogP contribution in [0.3, 0.4) is 0 Å². The summed E-state index contributed by atoms with van der Waals surface area (Å²) in [5.41, 5.74) is 0.247. The molecule has 2 aromatic rings. The summed E-state index contributed by atoms with van der Waals surface area (Å²) in [6.45, 7) is 1.18. The molecule has 0 radical (unpaired) electrons. The highest BCUT2D eigenvalue weighted by molar-refractivity contribution is 6.30. The quantitative estimate of drug-likeness (QED) is 0.916. The molecule has 0 amide bonds. The van der Waals surface area contributed by atoms with Gasteiger partial charge in [0.1, 0.15) is 0 Å².